The van der Waals surface area contributed by atoms with Gasteiger partial charge in [0.25, 0.3) is 0 Å². The third-order valence-corrected chi connectivity index (χ3v) is 6.29. The van der Waals surface area contributed by atoms with E-state index in [1.807, 2.05) is 48.7 Å². The number of amides is 1. The number of thiazole rings is 1. The van der Waals surface area contributed by atoms with Crippen LogP contribution < -0.4 is 15.0 Å². The Labute approximate surface area is 189 Å². The van der Waals surface area contributed by atoms with Crippen molar-refractivity contribution in [3.8, 4) is 17.0 Å². The molecule has 1 saturated heterocycles. The molecule has 4 heterocycles. The molecule has 1 amide bonds. The summed E-state index contributed by atoms with van der Waals surface area (Å²) >= 11 is 1.44. The van der Waals surface area contributed by atoms with Gasteiger partial charge in [0.15, 0.2) is 10.8 Å². The molecule has 4 aromatic rings. The Morgan fingerprint density at radius 2 is 2.00 bits per heavy atom. The number of anilines is 2. The summed E-state index contributed by atoms with van der Waals surface area (Å²) in [5.41, 5.74) is 2.56. The van der Waals surface area contributed by atoms with E-state index >= 15 is 0 Å². The smallest absolute Gasteiger partial charge is 0.229 e. The standard InChI is InChI=1S/C22H23N7O2S/c1-2-31-17-5-3-15(4-6-17)18-13-32-22(24-18)25-21(30)16-9-11-28(12-10-16)20-8-7-19-26-23-14-29(19)27-20/h3-8,13-14,16H,2,9-12H2,1H3,(H,24,25,30). The SMILES string of the molecule is CCOc1ccc(-c2csc(NC(=O)C3CCN(c4ccc5nncn5n4)CC3)n2)cc1. The molecule has 0 radical (unpaired) electrons. The molecule has 0 spiro atoms. The van der Waals surface area contributed by atoms with Crippen LogP contribution >= 0.6 is 11.3 Å². The molecule has 3 aromatic heterocycles. The molecular weight excluding hydrogens is 426 g/mol. The number of hydrogen-bond acceptors (Lipinski definition) is 8. The number of nitrogens with one attached hydrogen (secondary N) is 1. The Hall–Kier alpha value is -3.53. The van der Waals surface area contributed by atoms with E-state index in [1.165, 1.54) is 11.3 Å². The van der Waals surface area contributed by atoms with Gasteiger partial charge < -0.3 is 15.0 Å². The van der Waals surface area contributed by atoms with Crippen molar-refractivity contribution in [2.24, 2.45) is 5.92 Å². The van der Waals surface area contributed by atoms with Gasteiger partial charge in [-0.1, -0.05) is 0 Å². The lowest BCUT2D eigenvalue weighted by atomic mass is 9.96. The number of carbonyl (C=O) groups is 1. The maximum Gasteiger partial charge on any atom is 0.229 e. The second kappa shape index (κ2) is 8.91. The maximum atomic E-state index is 12.8. The van der Waals surface area contributed by atoms with Crippen molar-refractivity contribution in [3.05, 3.63) is 48.1 Å². The summed E-state index contributed by atoms with van der Waals surface area (Å²) in [7, 11) is 0. The first-order chi connectivity index (χ1) is 15.7. The van der Waals surface area contributed by atoms with Crippen LogP contribution in [0, 0.1) is 5.92 Å². The van der Waals surface area contributed by atoms with E-state index in [9.17, 15) is 4.79 Å². The molecule has 1 N–H and O–H groups in total. The molecule has 32 heavy (non-hydrogen) atoms. The van der Waals surface area contributed by atoms with E-state index in [2.05, 4.69) is 30.5 Å². The molecular formula is C22H23N7O2S. The molecule has 0 unspecified atom stereocenters. The largest absolute Gasteiger partial charge is 0.494 e. The number of ether oxygens (including phenoxy) is 1. The Morgan fingerprint density at radius 1 is 1.19 bits per heavy atom. The second-order valence-corrected chi connectivity index (χ2v) is 8.43. The zero-order valence-corrected chi connectivity index (χ0v) is 18.5. The number of hydrogen-bond donors (Lipinski definition) is 1. The Bertz CT molecular complexity index is 1210. The van der Waals surface area contributed by atoms with Gasteiger partial charge in [-0.05, 0) is 56.2 Å². The summed E-state index contributed by atoms with van der Waals surface area (Å²) in [4.78, 5) is 19.6. The van der Waals surface area contributed by atoms with Gasteiger partial charge in [-0.25, -0.2) is 4.98 Å². The van der Waals surface area contributed by atoms with Crippen molar-refractivity contribution in [1.29, 1.82) is 0 Å². The number of carbonyl (C=O) groups excluding carboxylic acids is 1. The van der Waals surface area contributed by atoms with Crippen LogP contribution in [0.25, 0.3) is 16.9 Å². The fourth-order valence-corrected chi connectivity index (χ4v) is 4.54. The van der Waals surface area contributed by atoms with Crippen LogP contribution in [0.15, 0.2) is 48.1 Å². The normalized spacial score (nSPS) is 14.6. The molecule has 9 nitrogen and oxygen atoms in total. The molecule has 1 aliphatic heterocycles. The highest BCUT2D eigenvalue weighted by atomic mass is 32.1. The van der Waals surface area contributed by atoms with Gasteiger partial charge in [-0.15, -0.1) is 26.6 Å². The first-order valence-electron chi connectivity index (χ1n) is 10.6. The molecule has 0 atom stereocenters. The fraction of sp³-hybridized carbons (Fsp3) is 0.318. The van der Waals surface area contributed by atoms with Crippen molar-refractivity contribution in [1.82, 2.24) is 24.8 Å². The average Bonchev–Trinajstić information content (AvgIpc) is 3.49. The molecule has 5 rings (SSSR count). The van der Waals surface area contributed by atoms with Gasteiger partial charge in [0.1, 0.15) is 17.9 Å². The minimum Gasteiger partial charge on any atom is -0.494 e. The first kappa shape index (κ1) is 20.4. The van der Waals surface area contributed by atoms with Gasteiger partial charge >= 0.3 is 0 Å². The van der Waals surface area contributed by atoms with Gasteiger partial charge in [0.05, 0.1) is 12.3 Å². The Morgan fingerprint density at radius 3 is 2.78 bits per heavy atom. The van der Waals surface area contributed by atoms with Gasteiger partial charge in [0.2, 0.25) is 5.91 Å². The molecule has 164 valence electrons. The highest BCUT2D eigenvalue weighted by molar-refractivity contribution is 7.14. The number of nitrogens with zero attached hydrogens (tertiary/aromatic N) is 6. The summed E-state index contributed by atoms with van der Waals surface area (Å²) in [5, 5.41) is 18.0. The number of aromatic nitrogens is 5. The fourth-order valence-electron chi connectivity index (χ4n) is 3.82. The monoisotopic (exact) mass is 449 g/mol. The highest BCUT2D eigenvalue weighted by Gasteiger charge is 2.26. The van der Waals surface area contributed by atoms with Crippen LogP contribution in [0.5, 0.6) is 5.75 Å². The van der Waals surface area contributed by atoms with E-state index in [0.29, 0.717) is 11.7 Å². The Kier molecular flexibility index (Phi) is 5.68. The summed E-state index contributed by atoms with van der Waals surface area (Å²) in [6.45, 7) is 4.14. The molecule has 1 aliphatic rings. The highest BCUT2D eigenvalue weighted by Crippen LogP contribution is 2.28. The average molecular weight is 450 g/mol. The van der Waals surface area contributed by atoms with Crippen LogP contribution in [-0.2, 0) is 4.79 Å². The van der Waals surface area contributed by atoms with Crippen LogP contribution in [-0.4, -0.2) is 50.4 Å². The summed E-state index contributed by atoms with van der Waals surface area (Å²) in [6.07, 6.45) is 3.13. The van der Waals surface area contributed by atoms with Gasteiger partial charge in [-0.2, -0.15) is 4.52 Å². The Balaban J connectivity index is 1.17. The maximum absolute atomic E-state index is 12.8. The third kappa shape index (κ3) is 4.26. The lowest BCUT2D eigenvalue weighted by Crippen LogP contribution is -2.38. The van der Waals surface area contributed by atoms with E-state index in [1.54, 1.807) is 10.8 Å². The summed E-state index contributed by atoms with van der Waals surface area (Å²) < 4.78 is 7.15. The molecule has 0 aliphatic carbocycles. The molecule has 0 saturated carbocycles. The number of rotatable bonds is 6. The molecule has 0 bridgehead atoms. The van der Waals surface area contributed by atoms with E-state index in [0.717, 1.165) is 54.4 Å². The molecule has 1 fully saturated rings. The van der Waals surface area contributed by atoms with Gasteiger partial charge in [-0.3, -0.25) is 4.79 Å². The van der Waals surface area contributed by atoms with Crippen molar-refractivity contribution >= 4 is 33.8 Å². The number of benzene rings is 1. The lowest BCUT2D eigenvalue weighted by Gasteiger charge is -2.31. The predicted octanol–water partition coefficient (Wildman–Crippen LogP) is 3.50. The van der Waals surface area contributed by atoms with Crippen molar-refractivity contribution in [2.45, 2.75) is 19.8 Å². The second-order valence-electron chi connectivity index (χ2n) is 7.57. The summed E-state index contributed by atoms with van der Waals surface area (Å²) in [6, 6.07) is 11.7. The van der Waals surface area contributed by atoms with Crippen molar-refractivity contribution < 1.29 is 9.53 Å². The van der Waals surface area contributed by atoms with Crippen LogP contribution in [0.3, 0.4) is 0 Å². The minimum absolute atomic E-state index is 0.0273. The number of fused-ring (bicyclic) bond motifs is 1. The lowest BCUT2D eigenvalue weighted by molar-refractivity contribution is -0.120. The minimum atomic E-state index is -0.0391. The third-order valence-electron chi connectivity index (χ3n) is 5.53. The first-order valence-corrected chi connectivity index (χ1v) is 11.5. The zero-order valence-electron chi connectivity index (χ0n) is 17.6. The van der Waals surface area contributed by atoms with Crippen LogP contribution in [0.4, 0.5) is 10.9 Å². The van der Waals surface area contributed by atoms with Crippen molar-refractivity contribution in [2.75, 3.05) is 29.9 Å². The van der Waals surface area contributed by atoms with Crippen LogP contribution in [0.2, 0.25) is 0 Å². The van der Waals surface area contributed by atoms with E-state index in [4.69, 9.17) is 4.74 Å². The predicted molar refractivity (Wildman–Crippen MR) is 123 cm³/mol. The summed E-state index contributed by atoms with van der Waals surface area (Å²) in [5.74, 6) is 1.70. The van der Waals surface area contributed by atoms with E-state index < -0.39 is 0 Å². The topological polar surface area (TPSA) is 97.5 Å². The molecule has 10 heteroatoms. The quantitative estimate of drug-likeness (QED) is 0.481. The van der Waals surface area contributed by atoms with Gasteiger partial charge in [0, 0.05) is 30.0 Å². The molecule has 1 aromatic carbocycles. The van der Waals surface area contributed by atoms with Crippen LogP contribution in [0.1, 0.15) is 19.8 Å². The zero-order chi connectivity index (χ0) is 21.9. The number of piperidine rings is 1. The van der Waals surface area contributed by atoms with E-state index in [-0.39, 0.29) is 11.8 Å². The van der Waals surface area contributed by atoms with Crippen molar-refractivity contribution in [3.63, 3.8) is 0 Å².